The van der Waals surface area contributed by atoms with Crippen molar-refractivity contribution in [2.45, 2.75) is 13.8 Å². The first kappa shape index (κ1) is 18.3. The summed E-state index contributed by atoms with van der Waals surface area (Å²) in [6.07, 6.45) is 3.45. The van der Waals surface area contributed by atoms with E-state index >= 15 is 0 Å². The van der Waals surface area contributed by atoms with Crippen LogP contribution in [0.4, 0.5) is 16.5 Å². The minimum Gasteiger partial charge on any atom is -0.472 e. The van der Waals surface area contributed by atoms with Crippen molar-refractivity contribution in [3.63, 3.8) is 0 Å². The number of hydrogen-bond acceptors (Lipinski definition) is 5. The first-order chi connectivity index (χ1) is 13.6. The van der Waals surface area contributed by atoms with E-state index in [1.807, 2.05) is 6.07 Å². The molecule has 28 heavy (non-hydrogen) atoms. The predicted molar refractivity (Wildman–Crippen MR) is 119 cm³/mol. The van der Waals surface area contributed by atoms with Gasteiger partial charge >= 0.3 is 0 Å². The fraction of sp³-hybridized carbons (Fsp3) is 0.174. The average Bonchev–Trinajstić information content (AvgIpc) is 3.41. The van der Waals surface area contributed by atoms with E-state index in [2.05, 4.69) is 79.0 Å². The van der Waals surface area contributed by atoms with Crippen LogP contribution in [0.15, 0.2) is 70.9 Å². The molecule has 0 aliphatic rings. The summed E-state index contributed by atoms with van der Waals surface area (Å²) in [6, 6.07) is 16.8. The molecule has 0 saturated heterocycles. The van der Waals surface area contributed by atoms with Gasteiger partial charge in [0.05, 0.1) is 18.2 Å². The molecule has 0 spiro atoms. The van der Waals surface area contributed by atoms with Crippen LogP contribution in [-0.2, 0) is 0 Å². The number of aryl methyl sites for hydroxylation is 1. The van der Waals surface area contributed by atoms with E-state index in [1.165, 1.54) is 11.3 Å². The summed E-state index contributed by atoms with van der Waals surface area (Å²) in [6.45, 7) is 5.23. The number of anilines is 3. The molecule has 0 amide bonds. The molecule has 0 bridgehead atoms. The molecular formula is C23H23N3OS. The van der Waals surface area contributed by atoms with E-state index in [4.69, 9.17) is 9.40 Å². The summed E-state index contributed by atoms with van der Waals surface area (Å²) in [4.78, 5) is 7.00. The Balaban J connectivity index is 1.53. The summed E-state index contributed by atoms with van der Waals surface area (Å²) in [5, 5.41) is 6.47. The summed E-state index contributed by atoms with van der Waals surface area (Å²) in [7, 11) is 2.10. The molecule has 0 unspecified atom stereocenters. The fourth-order valence-electron chi connectivity index (χ4n) is 3.01. The second-order valence-electron chi connectivity index (χ2n) is 6.77. The van der Waals surface area contributed by atoms with Crippen molar-refractivity contribution in [1.29, 1.82) is 0 Å². The highest BCUT2D eigenvalue weighted by Crippen LogP contribution is 2.31. The molecule has 2 heterocycles. The van der Waals surface area contributed by atoms with Gasteiger partial charge in [-0.15, -0.1) is 11.3 Å². The van der Waals surface area contributed by atoms with E-state index in [9.17, 15) is 0 Å². The fourth-order valence-corrected chi connectivity index (χ4v) is 3.74. The van der Waals surface area contributed by atoms with Crippen molar-refractivity contribution < 1.29 is 4.42 Å². The van der Waals surface area contributed by atoms with Gasteiger partial charge in [0.1, 0.15) is 0 Å². The number of furan rings is 1. The Bertz CT molecular complexity index is 1050. The van der Waals surface area contributed by atoms with Crippen LogP contribution in [0.1, 0.15) is 12.5 Å². The van der Waals surface area contributed by atoms with Crippen LogP contribution in [0.2, 0.25) is 0 Å². The van der Waals surface area contributed by atoms with Crippen molar-refractivity contribution in [1.82, 2.24) is 4.98 Å². The highest BCUT2D eigenvalue weighted by Gasteiger charge is 2.09. The zero-order valence-electron chi connectivity index (χ0n) is 16.3. The quantitative estimate of drug-likeness (QED) is 0.404. The first-order valence-electron chi connectivity index (χ1n) is 9.31. The lowest BCUT2D eigenvalue weighted by Crippen LogP contribution is -2.15. The lowest BCUT2D eigenvalue weighted by Gasteiger charge is -2.18. The molecule has 5 heteroatoms. The molecule has 4 rings (SSSR count). The average molecular weight is 390 g/mol. The van der Waals surface area contributed by atoms with Gasteiger partial charge in [0, 0.05) is 41.5 Å². The molecule has 2 aromatic heterocycles. The summed E-state index contributed by atoms with van der Waals surface area (Å²) in [5.41, 5.74) is 7.79. The maximum atomic E-state index is 5.16. The molecule has 2 aromatic carbocycles. The van der Waals surface area contributed by atoms with Gasteiger partial charge in [0.25, 0.3) is 0 Å². The summed E-state index contributed by atoms with van der Waals surface area (Å²) < 4.78 is 5.16. The maximum Gasteiger partial charge on any atom is 0.187 e. The SMILES string of the molecule is CCN(C)c1ccc(C)c(Nc2nc(-c3ccc(-c4ccoc4)cc3)cs2)c1. The third kappa shape index (κ3) is 3.80. The van der Waals surface area contributed by atoms with Gasteiger partial charge in [-0.2, -0.15) is 0 Å². The van der Waals surface area contributed by atoms with Crippen LogP contribution in [0.25, 0.3) is 22.4 Å². The third-order valence-electron chi connectivity index (χ3n) is 4.92. The number of nitrogens with one attached hydrogen (secondary N) is 1. The lowest BCUT2D eigenvalue weighted by atomic mass is 10.1. The standard InChI is InChI=1S/C23H23N3OS/c1-4-26(3)20-10-5-16(2)21(13-20)24-23-25-22(15-28-23)18-8-6-17(7-9-18)19-11-12-27-14-19/h5-15H,4H2,1-3H3,(H,24,25). The molecule has 4 aromatic rings. The molecule has 0 fully saturated rings. The first-order valence-corrected chi connectivity index (χ1v) is 10.2. The van der Waals surface area contributed by atoms with Gasteiger partial charge in [-0.25, -0.2) is 4.98 Å². The minimum absolute atomic E-state index is 0.897. The van der Waals surface area contributed by atoms with Crippen LogP contribution in [0.3, 0.4) is 0 Å². The number of rotatable bonds is 6. The lowest BCUT2D eigenvalue weighted by molar-refractivity contribution is 0.568. The normalized spacial score (nSPS) is 10.8. The number of hydrogen-bond donors (Lipinski definition) is 1. The van der Waals surface area contributed by atoms with Crippen LogP contribution in [0.5, 0.6) is 0 Å². The zero-order valence-corrected chi connectivity index (χ0v) is 17.1. The zero-order chi connectivity index (χ0) is 19.5. The minimum atomic E-state index is 0.897. The highest BCUT2D eigenvalue weighted by molar-refractivity contribution is 7.14. The second kappa shape index (κ2) is 7.90. The number of thiazole rings is 1. The van der Waals surface area contributed by atoms with Gasteiger partial charge in [-0.05, 0) is 43.2 Å². The Morgan fingerprint density at radius 2 is 1.82 bits per heavy atom. The molecular weight excluding hydrogens is 366 g/mol. The smallest absolute Gasteiger partial charge is 0.187 e. The van der Waals surface area contributed by atoms with E-state index in [1.54, 1.807) is 23.9 Å². The third-order valence-corrected chi connectivity index (χ3v) is 5.67. The van der Waals surface area contributed by atoms with Crippen LogP contribution in [-0.4, -0.2) is 18.6 Å². The van der Waals surface area contributed by atoms with Crippen LogP contribution < -0.4 is 10.2 Å². The Kier molecular flexibility index (Phi) is 5.17. The predicted octanol–water partition coefficient (Wildman–Crippen LogP) is 6.58. The molecule has 0 aliphatic heterocycles. The molecule has 142 valence electrons. The van der Waals surface area contributed by atoms with E-state index in [-0.39, 0.29) is 0 Å². The van der Waals surface area contributed by atoms with E-state index in [0.717, 1.165) is 39.7 Å². The Hall–Kier alpha value is -3.05. The van der Waals surface area contributed by atoms with Crippen molar-refractivity contribution in [3.05, 3.63) is 72.0 Å². The van der Waals surface area contributed by atoms with E-state index in [0.29, 0.717) is 0 Å². The molecule has 0 atom stereocenters. The van der Waals surface area contributed by atoms with E-state index < -0.39 is 0 Å². The van der Waals surface area contributed by atoms with Crippen molar-refractivity contribution in [3.8, 4) is 22.4 Å². The van der Waals surface area contributed by atoms with Crippen LogP contribution >= 0.6 is 11.3 Å². The number of benzene rings is 2. The van der Waals surface area contributed by atoms with Crippen molar-refractivity contribution >= 4 is 27.8 Å². The number of aromatic nitrogens is 1. The molecule has 0 radical (unpaired) electrons. The maximum absolute atomic E-state index is 5.16. The van der Waals surface area contributed by atoms with Gasteiger partial charge in [0.15, 0.2) is 5.13 Å². The Labute approximate surface area is 169 Å². The molecule has 1 N–H and O–H groups in total. The van der Waals surface area contributed by atoms with Crippen LogP contribution in [0, 0.1) is 6.92 Å². The second-order valence-corrected chi connectivity index (χ2v) is 7.62. The number of nitrogens with zero attached hydrogens (tertiary/aromatic N) is 2. The monoisotopic (exact) mass is 389 g/mol. The molecule has 0 saturated carbocycles. The van der Waals surface area contributed by atoms with Gasteiger partial charge < -0.3 is 14.6 Å². The molecule has 0 aliphatic carbocycles. The Morgan fingerprint density at radius 1 is 1.04 bits per heavy atom. The summed E-state index contributed by atoms with van der Waals surface area (Å²) >= 11 is 1.62. The van der Waals surface area contributed by atoms with Gasteiger partial charge in [0.2, 0.25) is 0 Å². The van der Waals surface area contributed by atoms with Gasteiger partial charge in [-0.1, -0.05) is 30.3 Å². The highest BCUT2D eigenvalue weighted by atomic mass is 32.1. The van der Waals surface area contributed by atoms with Crippen molar-refractivity contribution in [2.75, 3.05) is 23.8 Å². The van der Waals surface area contributed by atoms with Crippen molar-refractivity contribution in [2.24, 2.45) is 0 Å². The topological polar surface area (TPSA) is 41.3 Å². The van der Waals surface area contributed by atoms with Gasteiger partial charge in [-0.3, -0.25) is 0 Å². The molecule has 4 nitrogen and oxygen atoms in total. The Morgan fingerprint density at radius 3 is 2.54 bits per heavy atom. The largest absolute Gasteiger partial charge is 0.472 e. The summed E-state index contributed by atoms with van der Waals surface area (Å²) in [5.74, 6) is 0.